The molecule has 17 heavy (non-hydrogen) atoms. The van der Waals surface area contributed by atoms with Gasteiger partial charge < -0.3 is 10.2 Å². The van der Waals surface area contributed by atoms with Gasteiger partial charge in [0.15, 0.2) is 0 Å². The molecule has 2 nitrogen and oxygen atoms in total. The van der Waals surface area contributed by atoms with Gasteiger partial charge in [-0.2, -0.15) is 0 Å². The van der Waals surface area contributed by atoms with Crippen LogP contribution in [0.25, 0.3) is 0 Å². The van der Waals surface area contributed by atoms with E-state index in [1.807, 2.05) is 6.07 Å². The zero-order valence-electron chi connectivity index (χ0n) is 10.0. The summed E-state index contributed by atoms with van der Waals surface area (Å²) in [6, 6.07) is 6.78. The van der Waals surface area contributed by atoms with Crippen molar-refractivity contribution in [3.8, 4) is 0 Å². The SMILES string of the molecule is CN1CCCCC1CNc1ccc(I)cc1Cl. The number of piperidine rings is 1. The van der Waals surface area contributed by atoms with Crippen LogP contribution in [-0.4, -0.2) is 31.1 Å². The average molecular weight is 365 g/mol. The Labute approximate surface area is 122 Å². The quantitative estimate of drug-likeness (QED) is 0.820. The fourth-order valence-corrected chi connectivity index (χ4v) is 3.19. The third kappa shape index (κ3) is 3.73. The van der Waals surface area contributed by atoms with Crippen LogP contribution < -0.4 is 5.32 Å². The van der Waals surface area contributed by atoms with Crippen LogP contribution in [-0.2, 0) is 0 Å². The smallest absolute Gasteiger partial charge is 0.0648 e. The Morgan fingerprint density at radius 3 is 3.00 bits per heavy atom. The second kappa shape index (κ2) is 6.25. The van der Waals surface area contributed by atoms with Crippen LogP contribution in [0.3, 0.4) is 0 Å². The lowest BCUT2D eigenvalue weighted by Crippen LogP contribution is -2.40. The molecule has 1 fully saturated rings. The minimum absolute atomic E-state index is 0.638. The van der Waals surface area contributed by atoms with E-state index in [4.69, 9.17) is 11.6 Å². The normalized spacial score (nSPS) is 21.5. The van der Waals surface area contributed by atoms with Gasteiger partial charge in [-0.25, -0.2) is 0 Å². The van der Waals surface area contributed by atoms with Gasteiger partial charge in [-0.1, -0.05) is 18.0 Å². The minimum Gasteiger partial charge on any atom is -0.382 e. The second-order valence-electron chi connectivity index (χ2n) is 4.64. The van der Waals surface area contributed by atoms with Gasteiger partial charge in [-0.05, 0) is 67.2 Å². The highest BCUT2D eigenvalue weighted by Crippen LogP contribution is 2.24. The number of halogens is 2. The molecule has 1 heterocycles. The third-order valence-corrected chi connectivity index (χ3v) is 4.36. The van der Waals surface area contributed by atoms with Gasteiger partial charge in [0.1, 0.15) is 0 Å². The van der Waals surface area contributed by atoms with Crippen LogP contribution in [0.4, 0.5) is 5.69 Å². The van der Waals surface area contributed by atoms with E-state index < -0.39 is 0 Å². The number of likely N-dealkylation sites (tertiary alicyclic amines) is 1. The first-order valence-electron chi connectivity index (χ1n) is 6.06. The Balaban J connectivity index is 1.92. The number of hydrogen-bond acceptors (Lipinski definition) is 2. The summed E-state index contributed by atoms with van der Waals surface area (Å²) in [6.07, 6.45) is 3.96. The number of rotatable bonds is 3. The topological polar surface area (TPSA) is 15.3 Å². The first-order valence-corrected chi connectivity index (χ1v) is 7.51. The van der Waals surface area contributed by atoms with Crippen molar-refractivity contribution < 1.29 is 0 Å². The summed E-state index contributed by atoms with van der Waals surface area (Å²) in [4.78, 5) is 2.44. The zero-order chi connectivity index (χ0) is 12.3. The van der Waals surface area contributed by atoms with Crippen molar-refractivity contribution in [2.45, 2.75) is 25.3 Å². The van der Waals surface area contributed by atoms with Crippen molar-refractivity contribution >= 4 is 39.9 Å². The van der Waals surface area contributed by atoms with Gasteiger partial charge in [0.05, 0.1) is 10.7 Å². The highest BCUT2D eigenvalue weighted by atomic mass is 127. The summed E-state index contributed by atoms with van der Waals surface area (Å²) in [6.45, 7) is 2.20. The summed E-state index contributed by atoms with van der Waals surface area (Å²) in [5.74, 6) is 0. The lowest BCUT2D eigenvalue weighted by Gasteiger charge is -2.32. The number of nitrogens with zero attached hydrogens (tertiary/aromatic N) is 1. The van der Waals surface area contributed by atoms with Crippen LogP contribution in [0.1, 0.15) is 19.3 Å². The lowest BCUT2D eigenvalue weighted by molar-refractivity contribution is 0.194. The van der Waals surface area contributed by atoms with Crippen molar-refractivity contribution in [3.63, 3.8) is 0 Å². The van der Waals surface area contributed by atoms with E-state index in [2.05, 4.69) is 52.0 Å². The van der Waals surface area contributed by atoms with Crippen molar-refractivity contribution in [1.82, 2.24) is 4.90 Å². The van der Waals surface area contributed by atoms with Gasteiger partial charge in [0.2, 0.25) is 0 Å². The van der Waals surface area contributed by atoms with Crippen molar-refractivity contribution in [2.75, 3.05) is 25.5 Å². The molecule has 1 aromatic rings. The van der Waals surface area contributed by atoms with E-state index in [9.17, 15) is 0 Å². The Bertz CT molecular complexity index is 384. The van der Waals surface area contributed by atoms with E-state index in [1.54, 1.807) is 0 Å². The number of likely N-dealkylation sites (N-methyl/N-ethyl adjacent to an activating group) is 1. The van der Waals surface area contributed by atoms with Crippen LogP contribution in [0.5, 0.6) is 0 Å². The largest absolute Gasteiger partial charge is 0.382 e. The van der Waals surface area contributed by atoms with Crippen LogP contribution in [0.15, 0.2) is 18.2 Å². The lowest BCUT2D eigenvalue weighted by atomic mass is 10.0. The first kappa shape index (κ1) is 13.4. The zero-order valence-corrected chi connectivity index (χ0v) is 13.0. The summed E-state index contributed by atoms with van der Waals surface area (Å²) >= 11 is 8.48. The molecule has 0 radical (unpaired) electrons. The summed E-state index contributed by atoms with van der Waals surface area (Å²) < 4.78 is 1.17. The molecule has 0 amide bonds. The van der Waals surface area contributed by atoms with E-state index in [0.717, 1.165) is 17.3 Å². The van der Waals surface area contributed by atoms with Crippen molar-refractivity contribution in [2.24, 2.45) is 0 Å². The maximum absolute atomic E-state index is 6.20. The second-order valence-corrected chi connectivity index (χ2v) is 6.29. The molecule has 0 aromatic heterocycles. The van der Waals surface area contributed by atoms with Gasteiger partial charge in [0.25, 0.3) is 0 Å². The highest BCUT2D eigenvalue weighted by molar-refractivity contribution is 14.1. The van der Waals surface area contributed by atoms with Crippen LogP contribution >= 0.6 is 34.2 Å². The van der Waals surface area contributed by atoms with Gasteiger partial charge in [0, 0.05) is 16.2 Å². The maximum atomic E-state index is 6.20. The predicted molar refractivity (Wildman–Crippen MR) is 82.9 cm³/mol. The Morgan fingerprint density at radius 1 is 1.47 bits per heavy atom. The van der Waals surface area contributed by atoms with Gasteiger partial charge in [-0.15, -0.1) is 0 Å². The summed E-state index contributed by atoms with van der Waals surface area (Å²) in [7, 11) is 2.21. The number of nitrogens with one attached hydrogen (secondary N) is 1. The molecule has 1 saturated heterocycles. The fraction of sp³-hybridized carbons (Fsp3) is 0.538. The van der Waals surface area contributed by atoms with Crippen molar-refractivity contribution in [3.05, 3.63) is 26.8 Å². The first-order chi connectivity index (χ1) is 8.16. The highest BCUT2D eigenvalue weighted by Gasteiger charge is 2.18. The Kier molecular flexibility index (Phi) is 4.94. The number of anilines is 1. The Morgan fingerprint density at radius 2 is 2.29 bits per heavy atom. The van der Waals surface area contributed by atoms with Crippen LogP contribution in [0, 0.1) is 3.57 Å². The molecule has 1 unspecified atom stereocenters. The molecule has 0 saturated carbocycles. The predicted octanol–water partition coefficient (Wildman–Crippen LogP) is 3.84. The molecular weight excluding hydrogens is 347 g/mol. The van der Waals surface area contributed by atoms with Crippen molar-refractivity contribution in [1.29, 1.82) is 0 Å². The molecule has 2 rings (SSSR count). The minimum atomic E-state index is 0.638. The molecule has 1 atom stereocenters. The molecule has 94 valence electrons. The maximum Gasteiger partial charge on any atom is 0.0648 e. The van der Waals surface area contributed by atoms with Gasteiger partial charge >= 0.3 is 0 Å². The summed E-state index contributed by atoms with van der Waals surface area (Å²) in [5.41, 5.74) is 1.05. The molecule has 0 aliphatic carbocycles. The van der Waals surface area contributed by atoms with E-state index >= 15 is 0 Å². The monoisotopic (exact) mass is 364 g/mol. The number of hydrogen-bond donors (Lipinski definition) is 1. The molecule has 0 spiro atoms. The fourth-order valence-electron chi connectivity index (χ4n) is 2.26. The molecule has 4 heteroatoms. The Hall–Kier alpha value is -0.0000000000000000555. The molecule has 1 aliphatic rings. The molecule has 1 N–H and O–H groups in total. The number of benzene rings is 1. The van der Waals surface area contributed by atoms with Crippen LogP contribution in [0.2, 0.25) is 5.02 Å². The average Bonchev–Trinajstić information content (AvgIpc) is 2.30. The van der Waals surface area contributed by atoms with E-state index in [0.29, 0.717) is 6.04 Å². The van der Waals surface area contributed by atoms with E-state index in [1.165, 1.54) is 29.4 Å². The van der Waals surface area contributed by atoms with E-state index in [-0.39, 0.29) is 0 Å². The molecule has 1 aromatic carbocycles. The molecule has 1 aliphatic heterocycles. The standard InChI is InChI=1S/C13H18ClIN2/c1-17-7-3-2-4-11(17)9-16-13-6-5-10(15)8-12(13)14/h5-6,8,11,16H,2-4,7,9H2,1H3. The molecule has 0 bridgehead atoms. The van der Waals surface area contributed by atoms with Gasteiger partial charge in [-0.3, -0.25) is 0 Å². The third-order valence-electron chi connectivity index (χ3n) is 3.38. The summed E-state index contributed by atoms with van der Waals surface area (Å²) in [5, 5.41) is 4.28. The molecular formula is C13H18ClIN2.